The van der Waals surface area contributed by atoms with E-state index >= 15 is 0 Å². The van der Waals surface area contributed by atoms with E-state index in [9.17, 15) is 0 Å². The van der Waals surface area contributed by atoms with E-state index in [1.54, 1.807) is 0 Å². The first kappa shape index (κ1) is 29.4. The SMILES string of the molecule is CC1(C)c2ccccc2N2c3c(cccc31)B1c3c(cc4ccccc4c32)-c2ccccc2N1c1cc(-c2ccccc2)cc(-c2ccccc2)c1. The summed E-state index contributed by atoms with van der Waals surface area (Å²) in [4.78, 5) is 5.26. The summed E-state index contributed by atoms with van der Waals surface area (Å²) >= 11 is 0. The highest BCUT2D eigenvalue weighted by molar-refractivity contribution is 6.94. The van der Waals surface area contributed by atoms with Crippen molar-refractivity contribution in [2.75, 3.05) is 9.71 Å². The molecule has 3 heterocycles. The lowest BCUT2D eigenvalue weighted by atomic mass is 9.42. The van der Waals surface area contributed by atoms with Gasteiger partial charge in [0.2, 0.25) is 0 Å². The topological polar surface area (TPSA) is 6.48 Å². The zero-order valence-electron chi connectivity index (χ0n) is 29.2. The van der Waals surface area contributed by atoms with E-state index in [4.69, 9.17) is 0 Å². The molecular weight excluding hydrogens is 627 g/mol. The van der Waals surface area contributed by atoms with Gasteiger partial charge in [-0.15, -0.1) is 0 Å². The molecule has 0 radical (unpaired) electrons. The van der Waals surface area contributed by atoms with E-state index in [1.165, 1.54) is 94.6 Å². The molecule has 0 aromatic heterocycles. The molecule has 52 heavy (non-hydrogen) atoms. The van der Waals surface area contributed by atoms with Crippen LogP contribution in [0.5, 0.6) is 0 Å². The fourth-order valence-corrected chi connectivity index (χ4v) is 9.42. The number of anilines is 5. The average molecular weight is 663 g/mol. The molecule has 0 atom stereocenters. The molecule has 0 bridgehead atoms. The van der Waals surface area contributed by atoms with Crippen molar-refractivity contribution in [2.45, 2.75) is 19.3 Å². The predicted molar refractivity (Wildman–Crippen MR) is 221 cm³/mol. The molecule has 0 spiro atoms. The molecule has 11 rings (SSSR count). The van der Waals surface area contributed by atoms with Crippen molar-refractivity contribution in [3.05, 3.63) is 187 Å². The third kappa shape index (κ3) is 4.02. The normalized spacial score (nSPS) is 14.4. The third-order valence-corrected chi connectivity index (χ3v) is 11.8. The number of benzene rings is 8. The van der Waals surface area contributed by atoms with E-state index in [2.05, 4.69) is 199 Å². The van der Waals surface area contributed by atoms with Crippen LogP contribution in [-0.2, 0) is 5.41 Å². The van der Waals surface area contributed by atoms with E-state index < -0.39 is 0 Å². The van der Waals surface area contributed by atoms with Gasteiger partial charge in [0.25, 0.3) is 0 Å². The van der Waals surface area contributed by atoms with E-state index in [0.29, 0.717) is 0 Å². The fourth-order valence-electron chi connectivity index (χ4n) is 9.42. The molecular formula is C49H35BN2. The Morgan fingerprint density at radius 1 is 0.462 bits per heavy atom. The Kier molecular flexibility index (Phi) is 6.13. The molecule has 8 aromatic rings. The zero-order chi connectivity index (χ0) is 34.6. The molecule has 0 fully saturated rings. The van der Waals surface area contributed by atoms with Gasteiger partial charge in [-0.05, 0) is 91.7 Å². The van der Waals surface area contributed by atoms with Crippen molar-refractivity contribution in [1.82, 2.24) is 0 Å². The van der Waals surface area contributed by atoms with Gasteiger partial charge in [0.15, 0.2) is 0 Å². The highest BCUT2D eigenvalue weighted by Crippen LogP contribution is 2.56. The summed E-state index contributed by atoms with van der Waals surface area (Å²) in [6, 6.07) is 65.4. The highest BCUT2D eigenvalue weighted by Gasteiger charge is 2.49. The first-order valence-electron chi connectivity index (χ1n) is 18.3. The van der Waals surface area contributed by atoms with Crippen LogP contribution in [0, 0.1) is 0 Å². The Balaban J connectivity index is 1.28. The summed E-state index contributed by atoms with van der Waals surface area (Å²) in [7, 11) is 0. The zero-order valence-corrected chi connectivity index (χ0v) is 29.2. The molecule has 0 unspecified atom stereocenters. The smallest absolute Gasteiger partial charge is 0.333 e. The molecule has 3 heteroatoms. The van der Waals surface area contributed by atoms with Crippen LogP contribution in [0.1, 0.15) is 25.0 Å². The second-order valence-electron chi connectivity index (χ2n) is 14.9. The highest BCUT2D eigenvalue weighted by atomic mass is 15.2. The van der Waals surface area contributed by atoms with Crippen molar-refractivity contribution in [1.29, 1.82) is 0 Å². The minimum atomic E-state index is -0.172. The van der Waals surface area contributed by atoms with Gasteiger partial charge < -0.3 is 9.71 Å². The van der Waals surface area contributed by atoms with Crippen molar-refractivity contribution >= 4 is 57.0 Å². The Labute approximate surface area is 305 Å². The Morgan fingerprint density at radius 2 is 1.08 bits per heavy atom. The van der Waals surface area contributed by atoms with Gasteiger partial charge in [0, 0.05) is 33.4 Å². The van der Waals surface area contributed by atoms with E-state index in [1.807, 2.05) is 0 Å². The first-order chi connectivity index (χ1) is 25.6. The second kappa shape index (κ2) is 10.8. The summed E-state index contributed by atoms with van der Waals surface area (Å²) in [5.41, 5.74) is 19.0. The summed E-state index contributed by atoms with van der Waals surface area (Å²) in [5, 5.41) is 2.54. The largest absolute Gasteiger partial charge is 0.376 e. The summed E-state index contributed by atoms with van der Waals surface area (Å²) in [5.74, 6) is 0. The molecule has 0 aliphatic carbocycles. The maximum Gasteiger partial charge on any atom is 0.333 e. The monoisotopic (exact) mass is 662 g/mol. The van der Waals surface area contributed by atoms with Crippen LogP contribution >= 0.6 is 0 Å². The number of hydrogen-bond acceptors (Lipinski definition) is 2. The quantitative estimate of drug-likeness (QED) is 0.174. The van der Waals surface area contributed by atoms with Crippen molar-refractivity contribution in [3.63, 3.8) is 0 Å². The fraction of sp³-hybridized carbons (Fsp3) is 0.0612. The maximum absolute atomic E-state index is 2.65. The van der Waals surface area contributed by atoms with Gasteiger partial charge in [-0.1, -0.05) is 153 Å². The minimum Gasteiger partial charge on any atom is -0.376 e. The van der Waals surface area contributed by atoms with Crippen LogP contribution < -0.4 is 20.6 Å². The second-order valence-corrected chi connectivity index (χ2v) is 14.9. The van der Waals surface area contributed by atoms with Crippen molar-refractivity contribution in [2.24, 2.45) is 0 Å². The van der Waals surface area contributed by atoms with Crippen LogP contribution in [-0.4, -0.2) is 6.85 Å². The van der Waals surface area contributed by atoms with E-state index in [-0.39, 0.29) is 12.3 Å². The van der Waals surface area contributed by atoms with Gasteiger partial charge in [-0.3, -0.25) is 0 Å². The molecule has 0 saturated carbocycles. The lowest BCUT2D eigenvalue weighted by Crippen LogP contribution is -2.62. The van der Waals surface area contributed by atoms with Gasteiger partial charge in [0.05, 0.1) is 11.4 Å². The number of para-hydroxylation sites is 3. The van der Waals surface area contributed by atoms with Crippen molar-refractivity contribution in [3.8, 4) is 33.4 Å². The van der Waals surface area contributed by atoms with Crippen LogP contribution in [0.25, 0.3) is 44.2 Å². The molecule has 244 valence electrons. The standard InChI is InChI=1S/C49H35BN2/c1-49(2)41-23-12-14-27-45(41)51-47-38-21-10-9-20-34(38)31-40-39-22-11-13-26-44(39)52(50(46(40)47)43-25-15-24-42(49)48(43)51)37-29-35(32-16-5-3-6-17-32)28-36(30-37)33-18-7-4-8-19-33/h3-31H,1-2H3. The van der Waals surface area contributed by atoms with Crippen LogP contribution in [0.4, 0.5) is 28.4 Å². The van der Waals surface area contributed by atoms with E-state index in [0.717, 1.165) is 0 Å². The predicted octanol–water partition coefficient (Wildman–Crippen LogP) is 11.5. The van der Waals surface area contributed by atoms with Gasteiger partial charge in [-0.25, -0.2) is 0 Å². The Morgan fingerprint density at radius 3 is 1.83 bits per heavy atom. The summed E-state index contributed by atoms with van der Waals surface area (Å²) < 4.78 is 0. The number of hydrogen-bond donors (Lipinski definition) is 0. The number of rotatable bonds is 3. The van der Waals surface area contributed by atoms with Gasteiger partial charge in [0.1, 0.15) is 0 Å². The molecule has 0 N–H and O–H groups in total. The number of fused-ring (bicyclic) bond motifs is 8. The number of nitrogens with zero attached hydrogens (tertiary/aromatic N) is 2. The molecule has 0 amide bonds. The molecule has 0 saturated heterocycles. The van der Waals surface area contributed by atoms with Crippen molar-refractivity contribution < 1.29 is 0 Å². The lowest BCUT2D eigenvalue weighted by Gasteiger charge is -2.50. The first-order valence-corrected chi connectivity index (χ1v) is 18.3. The summed E-state index contributed by atoms with van der Waals surface area (Å²) in [6.45, 7) is 4.74. The lowest BCUT2D eigenvalue weighted by molar-refractivity contribution is 0.632. The molecule has 3 aliphatic heterocycles. The van der Waals surface area contributed by atoms with Crippen LogP contribution in [0.2, 0.25) is 0 Å². The minimum absolute atomic E-state index is 0.0496. The maximum atomic E-state index is 2.65. The van der Waals surface area contributed by atoms with Gasteiger partial charge in [-0.2, -0.15) is 0 Å². The van der Waals surface area contributed by atoms with Crippen LogP contribution in [0.15, 0.2) is 176 Å². The Hall–Kier alpha value is -6.32. The van der Waals surface area contributed by atoms with Crippen LogP contribution in [0.3, 0.4) is 0 Å². The molecule has 8 aromatic carbocycles. The molecule has 3 aliphatic rings. The Bertz CT molecular complexity index is 2670. The third-order valence-electron chi connectivity index (χ3n) is 11.8. The average Bonchev–Trinajstić information content (AvgIpc) is 3.20. The van der Waals surface area contributed by atoms with Gasteiger partial charge >= 0.3 is 6.85 Å². The summed E-state index contributed by atoms with van der Waals surface area (Å²) in [6.07, 6.45) is 0. The molecule has 2 nitrogen and oxygen atoms in total.